The zero-order chi connectivity index (χ0) is 8.97. The van der Waals surface area contributed by atoms with Crippen molar-refractivity contribution < 1.29 is 9.90 Å². The molecule has 0 aliphatic rings. The number of rotatable bonds is 3. The van der Waals surface area contributed by atoms with E-state index in [0.717, 1.165) is 5.56 Å². The quantitative estimate of drug-likeness (QED) is 0.681. The summed E-state index contributed by atoms with van der Waals surface area (Å²) in [5.41, 5.74) is 6.48. The molecule has 1 unspecified atom stereocenters. The van der Waals surface area contributed by atoms with Crippen LogP contribution in [0.5, 0.6) is 0 Å². The van der Waals surface area contributed by atoms with Crippen LogP contribution in [0, 0.1) is 0 Å². The predicted molar refractivity (Wildman–Crippen MR) is 52.8 cm³/mol. The molecular weight excluding hydrogens is 177 g/mol. The van der Waals surface area contributed by atoms with Crippen LogP contribution in [0.1, 0.15) is 18.0 Å². The first-order valence-electron chi connectivity index (χ1n) is 3.72. The number of carbonyl (C=O) groups is 1. The number of carboxylic acid groups (broad SMARTS) is 1. The van der Waals surface area contributed by atoms with Gasteiger partial charge in [-0.1, -0.05) is 30.3 Å². The average molecular weight is 189 g/mol. The first-order valence-corrected chi connectivity index (χ1v) is 3.72. The van der Waals surface area contributed by atoms with Gasteiger partial charge in [-0.05, 0) is 5.56 Å². The van der Waals surface area contributed by atoms with Crippen molar-refractivity contribution in [1.82, 2.24) is 0 Å². The van der Waals surface area contributed by atoms with Crippen molar-refractivity contribution in [1.29, 1.82) is 0 Å². The van der Waals surface area contributed by atoms with Crippen molar-refractivity contribution in [2.45, 2.75) is 12.5 Å². The molecule has 0 fully saturated rings. The van der Waals surface area contributed by atoms with Crippen LogP contribution in [-0.2, 0) is 4.79 Å². The molecule has 1 rings (SSSR count). The Kier molecular flexibility index (Phi) is 5.99. The Morgan fingerprint density at radius 1 is 1.38 bits per heavy atom. The molecule has 0 heterocycles. The summed E-state index contributed by atoms with van der Waals surface area (Å²) >= 11 is 0. The van der Waals surface area contributed by atoms with E-state index in [0.29, 0.717) is 0 Å². The van der Waals surface area contributed by atoms with Crippen molar-refractivity contribution in [3.63, 3.8) is 0 Å². The van der Waals surface area contributed by atoms with Crippen LogP contribution in [0.2, 0.25) is 0 Å². The first kappa shape index (κ1) is 12.7. The summed E-state index contributed by atoms with van der Waals surface area (Å²) in [5, 5.41) is 8.47. The third-order valence-corrected chi connectivity index (χ3v) is 1.62. The standard InChI is InChI=1S/C9H11NO2.Na.H/c10-8(6-9(11)12)7-4-2-1-3-5-7;;/h1-5,8H,6,10H2,(H,11,12);;. The molecule has 0 saturated heterocycles. The van der Waals surface area contributed by atoms with Crippen molar-refractivity contribution in [3.05, 3.63) is 35.9 Å². The monoisotopic (exact) mass is 189 g/mol. The van der Waals surface area contributed by atoms with Crippen LogP contribution < -0.4 is 5.73 Å². The molecular formula is C9H12NNaO2. The average Bonchev–Trinajstić information content (AvgIpc) is 2.05. The molecule has 3 N–H and O–H groups in total. The summed E-state index contributed by atoms with van der Waals surface area (Å²) < 4.78 is 0. The van der Waals surface area contributed by atoms with Crippen LogP contribution in [-0.4, -0.2) is 40.6 Å². The van der Waals surface area contributed by atoms with Crippen molar-refractivity contribution in [2.24, 2.45) is 5.73 Å². The molecule has 0 spiro atoms. The number of hydrogen-bond donors (Lipinski definition) is 2. The van der Waals surface area contributed by atoms with Gasteiger partial charge in [0.05, 0.1) is 6.42 Å². The van der Waals surface area contributed by atoms with E-state index >= 15 is 0 Å². The number of carboxylic acids is 1. The molecule has 1 atom stereocenters. The van der Waals surface area contributed by atoms with Crippen molar-refractivity contribution in [3.8, 4) is 0 Å². The third-order valence-electron chi connectivity index (χ3n) is 1.62. The molecule has 0 radical (unpaired) electrons. The van der Waals surface area contributed by atoms with Gasteiger partial charge in [0.1, 0.15) is 0 Å². The molecule has 0 aliphatic heterocycles. The van der Waals surface area contributed by atoms with Gasteiger partial charge in [0.2, 0.25) is 0 Å². The summed E-state index contributed by atoms with van der Waals surface area (Å²) in [7, 11) is 0. The second kappa shape index (κ2) is 6.16. The number of nitrogens with two attached hydrogens (primary N) is 1. The molecule has 3 nitrogen and oxygen atoms in total. The van der Waals surface area contributed by atoms with Gasteiger partial charge in [0, 0.05) is 6.04 Å². The zero-order valence-corrected chi connectivity index (χ0v) is 6.60. The Balaban J connectivity index is 0.00000144. The van der Waals surface area contributed by atoms with Gasteiger partial charge in [0.15, 0.2) is 0 Å². The topological polar surface area (TPSA) is 63.3 Å². The molecule has 0 bridgehead atoms. The molecule has 0 aliphatic carbocycles. The van der Waals surface area contributed by atoms with E-state index in [1.807, 2.05) is 30.3 Å². The summed E-state index contributed by atoms with van der Waals surface area (Å²) in [6, 6.07) is 8.82. The molecule has 1 aromatic carbocycles. The fourth-order valence-corrected chi connectivity index (χ4v) is 1.01. The SMILES string of the molecule is NC(CC(=O)O)c1ccccc1.[NaH]. The Labute approximate surface area is 99.2 Å². The van der Waals surface area contributed by atoms with Gasteiger partial charge in [-0.25, -0.2) is 0 Å². The van der Waals surface area contributed by atoms with Gasteiger partial charge >= 0.3 is 35.5 Å². The summed E-state index contributed by atoms with van der Waals surface area (Å²) in [6.45, 7) is 0. The van der Waals surface area contributed by atoms with E-state index in [2.05, 4.69) is 0 Å². The number of hydrogen-bond acceptors (Lipinski definition) is 2. The summed E-state index contributed by atoms with van der Waals surface area (Å²) in [6.07, 6.45) is -0.0238. The second-order valence-electron chi connectivity index (χ2n) is 2.62. The Morgan fingerprint density at radius 3 is 2.38 bits per heavy atom. The van der Waals surface area contributed by atoms with E-state index in [9.17, 15) is 4.79 Å². The van der Waals surface area contributed by atoms with Gasteiger partial charge in [0.25, 0.3) is 0 Å². The fraction of sp³-hybridized carbons (Fsp3) is 0.222. The Hall–Kier alpha value is -0.350. The van der Waals surface area contributed by atoms with Gasteiger partial charge < -0.3 is 10.8 Å². The van der Waals surface area contributed by atoms with Crippen LogP contribution in [0.25, 0.3) is 0 Å². The van der Waals surface area contributed by atoms with Crippen molar-refractivity contribution in [2.75, 3.05) is 0 Å². The zero-order valence-electron chi connectivity index (χ0n) is 6.60. The van der Waals surface area contributed by atoms with Gasteiger partial charge in [-0.15, -0.1) is 0 Å². The van der Waals surface area contributed by atoms with E-state index in [-0.39, 0.29) is 36.0 Å². The minimum atomic E-state index is -0.869. The minimum absolute atomic E-state index is 0. The van der Waals surface area contributed by atoms with E-state index in [1.165, 1.54) is 0 Å². The van der Waals surface area contributed by atoms with Crippen LogP contribution in [0.3, 0.4) is 0 Å². The molecule has 66 valence electrons. The Bertz CT molecular complexity index is 264. The van der Waals surface area contributed by atoms with Gasteiger partial charge in [-0.2, -0.15) is 0 Å². The van der Waals surface area contributed by atoms with E-state index in [1.54, 1.807) is 0 Å². The normalized spacial score (nSPS) is 11.5. The fourth-order valence-electron chi connectivity index (χ4n) is 1.01. The summed E-state index contributed by atoms with van der Waals surface area (Å²) in [5.74, 6) is -0.869. The van der Waals surface area contributed by atoms with Crippen LogP contribution in [0.4, 0.5) is 0 Å². The third kappa shape index (κ3) is 4.43. The Morgan fingerprint density at radius 2 is 1.92 bits per heavy atom. The molecule has 0 amide bonds. The van der Waals surface area contributed by atoms with Crippen LogP contribution >= 0.6 is 0 Å². The summed E-state index contributed by atoms with van der Waals surface area (Å²) in [4.78, 5) is 10.3. The molecule has 0 saturated carbocycles. The predicted octanol–water partition coefficient (Wildman–Crippen LogP) is 0.513. The maximum absolute atomic E-state index is 10.3. The number of aliphatic carboxylic acids is 1. The van der Waals surface area contributed by atoms with Gasteiger partial charge in [-0.3, -0.25) is 4.79 Å². The molecule has 0 aromatic heterocycles. The maximum atomic E-state index is 10.3. The van der Waals surface area contributed by atoms with Crippen LogP contribution in [0.15, 0.2) is 30.3 Å². The van der Waals surface area contributed by atoms with E-state index in [4.69, 9.17) is 10.8 Å². The number of benzene rings is 1. The second-order valence-corrected chi connectivity index (χ2v) is 2.62. The molecule has 4 heteroatoms. The van der Waals surface area contributed by atoms with Crippen molar-refractivity contribution >= 4 is 35.5 Å². The van der Waals surface area contributed by atoms with E-state index < -0.39 is 12.0 Å². The first-order chi connectivity index (χ1) is 5.70. The molecule has 1 aromatic rings. The molecule has 13 heavy (non-hydrogen) atoms.